The number of rotatable bonds is 7. The Balaban J connectivity index is 1.66. The van der Waals surface area contributed by atoms with Gasteiger partial charge < -0.3 is 9.47 Å². The van der Waals surface area contributed by atoms with Gasteiger partial charge in [0.15, 0.2) is 4.80 Å². The lowest BCUT2D eigenvalue weighted by molar-refractivity contribution is -0.136. The van der Waals surface area contributed by atoms with Gasteiger partial charge in [-0.15, -0.1) is 0 Å². The van der Waals surface area contributed by atoms with Crippen molar-refractivity contribution in [3.8, 4) is 5.75 Å². The molecule has 0 bridgehead atoms. The molecule has 0 spiro atoms. The van der Waals surface area contributed by atoms with Gasteiger partial charge in [-0.2, -0.15) is 0 Å². The number of hydrogen-bond donors (Lipinski definition) is 0. The zero-order valence-electron chi connectivity index (χ0n) is 21.5. The number of allylic oxidation sites excluding steroid dienone is 1. The number of carbonyl (C=O) groups is 1. The summed E-state index contributed by atoms with van der Waals surface area (Å²) in [5.41, 5.74) is 3.35. The molecule has 1 aliphatic rings. The van der Waals surface area contributed by atoms with E-state index >= 15 is 0 Å². The Morgan fingerprint density at radius 3 is 2.52 bits per heavy atom. The number of fused-ring (bicyclic) bond motifs is 1. The molecule has 0 N–H and O–H groups in total. The second kappa shape index (κ2) is 12.6. The molecule has 204 valence electrons. The number of esters is 1. The van der Waals surface area contributed by atoms with E-state index in [0.29, 0.717) is 44.4 Å². The highest BCUT2D eigenvalue weighted by Gasteiger charge is 2.33. The molecule has 4 aromatic rings. The lowest BCUT2D eigenvalue weighted by Gasteiger charge is -2.25. The summed E-state index contributed by atoms with van der Waals surface area (Å²) in [4.78, 5) is 32.3. The topological polar surface area (TPSA) is 69.9 Å². The molecule has 0 radical (unpaired) electrons. The van der Waals surface area contributed by atoms with Gasteiger partial charge in [0.05, 0.1) is 32.5 Å². The van der Waals surface area contributed by atoms with E-state index in [1.54, 1.807) is 4.57 Å². The summed E-state index contributed by atoms with van der Waals surface area (Å²) in [5, 5.41) is 0.666. The molecule has 40 heavy (non-hydrogen) atoms. The van der Waals surface area contributed by atoms with Crippen molar-refractivity contribution in [2.24, 2.45) is 4.99 Å². The molecule has 5 rings (SSSR count). The number of thiazole rings is 1. The molecule has 6 nitrogen and oxygen atoms in total. The van der Waals surface area contributed by atoms with Gasteiger partial charge in [-0.3, -0.25) is 9.36 Å². The van der Waals surface area contributed by atoms with Gasteiger partial charge in [-0.05, 0) is 93.1 Å². The predicted molar refractivity (Wildman–Crippen MR) is 175 cm³/mol. The van der Waals surface area contributed by atoms with Crippen LogP contribution in [-0.2, 0) is 16.1 Å². The van der Waals surface area contributed by atoms with E-state index < -0.39 is 12.0 Å². The van der Waals surface area contributed by atoms with Crippen LogP contribution in [0.5, 0.6) is 5.75 Å². The number of benzene rings is 3. The summed E-state index contributed by atoms with van der Waals surface area (Å²) in [5.74, 6) is 0.194. The Labute approximate surface area is 267 Å². The van der Waals surface area contributed by atoms with Crippen LogP contribution in [0.15, 0.2) is 87.8 Å². The van der Waals surface area contributed by atoms with Crippen LogP contribution in [0, 0.1) is 7.14 Å². The number of halogens is 3. The first kappa shape index (κ1) is 29.0. The van der Waals surface area contributed by atoms with Crippen LogP contribution in [0.4, 0.5) is 0 Å². The summed E-state index contributed by atoms with van der Waals surface area (Å²) in [7, 11) is 1.35. The number of ether oxygens (including phenoxy) is 2. The monoisotopic (exact) mass is 796 g/mol. The zero-order chi connectivity index (χ0) is 28.4. The smallest absolute Gasteiger partial charge is 0.338 e. The first-order valence-electron chi connectivity index (χ1n) is 12.3. The van der Waals surface area contributed by atoms with E-state index in [1.165, 1.54) is 18.4 Å². The average molecular weight is 797 g/mol. The Bertz CT molecular complexity index is 1800. The Morgan fingerprint density at radius 1 is 1.12 bits per heavy atom. The molecule has 0 saturated carbocycles. The molecule has 0 aliphatic carbocycles. The first-order chi connectivity index (χ1) is 19.3. The van der Waals surface area contributed by atoms with Crippen LogP contribution in [0.1, 0.15) is 36.1 Å². The fraction of sp³-hybridized carbons (Fsp3) is 0.167. The van der Waals surface area contributed by atoms with Crippen molar-refractivity contribution in [1.29, 1.82) is 0 Å². The van der Waals surface area contributed by atoms with Gasteiger partial charge in [0.1, 0.15) is 12.4 Å². The van der Waals surface area contributed by atoms with Gasteiger partial charge >= 0.3 is 5.97 Å². The zero-order valence-corrected chi connectivity index (χ0v) is 27.4. The van der Waals surface area contributed by atoms with Gasteiger partial charge in [0.2, 0.25) is 0 Å². The lowest BCUT2D eigenvalue weighted by Crippen LogP contribution is -2.40. The fourth-order valence-electron chi connectivity index (χ4n) is 4.53. The van der Waals surface area contributed by atoms with E-state index in [1.807, 2.05) is 79.7 Å². The molecule has 0 fully saturated rings. The maximum absolute atomic E-state index is 14.0. The molecule has 0 saturated heterocycles. The summed E-state index contributed by atoms with van der Waals surface area (Å²) in [6, 6.07) is 20.4. The average Bonchev–Trinajstić information content (AvgIpc) is 3.26. The van der Waals surface area contributed by atoms with Crippen LogP contribution in [-0.4, -0.2) is 17.6 Å². The van der Waals surface area contributed by atoms with Crippen molar-refractivity contribution in [2.45, 2.75) is 26.0 Å². The first-order valence-corrected chi connectivity index (χ1v) is 15.7. The van der Waals surface area contributed by atoms with Gasteiger partial charge in [0.25, 0.3) is 5.56 Å². The highest BCUT2D eigenvalue weighted by molar-refractivity contribution is 14.1. The minimum Gasteiger partial charge on any atom is -0.487 e. The number of nitrogens with zero attached hydrogens (tertiary/aromatic N) is 2. The molecule has 2 heterocycles. The standard InChI is InChI=1S/C30H23ClI2N2O4S/c1-3-23-25(29(37)38-2)26(18-7-5-4-6-8-18)35-28(36)24(40-30(35)34-23)14-19-13-21(32)15-22(33)27(19)39-16-17-9-11-20(31)12-10-17/h4-15,26H,3,16H2,1-2H3/b24-14+/t26-/m1/s1. The van der Waals surface area contributed by atoms with Crippen molar-refractivity contribution in [2.75, 3.05) is 7.11 Å². The van der Waals surface area contributed by atoms with E-state index in [9.17, 15) is 9.59 Å². The summed E-state index contributed by atoms with van der Waals surface area (Å²) < 4.78 is 15.5. The van der Waals surface area contributed by atoms with Gasteiger partial charge in [-0.1, -0.05) is 72.3 Å². The lowest BCUT2D eigenvalue weighted by atomic mass is 9.95. The second-order valence-electron chi connectivity index (χ2n) is 8.92. The van der Waals surface area contributed by atoms with Crippen LogP contribution < -0.4 is 19.6 Å². The minimum absolute atomic E-state index is 0.230. The summed E-state index contributed by atoms with van der Waals surface area (Å²) in [6.45, 7) is 2.29. The van der Waals surface area contributed by atoms with Gasteiger partial charge in [-0.25, -0.2) is 9.79 Å². The van der Waals surface area contributed by atoms with Crippen molar-refractivity contribution in [3.63, 3.8) is 0 Å². The van der Waals surface area contributed by atoms with Crippen LogP contribution in [0.25, 0.3) is 6.08 Å². The largest absolute Gasteiger partial charge is 0.487 e. The fourth-order valence-corrected chi connectivity index (χ4v) is 7.71. The number of carbonyl (C=O) groups excluding carboxylic acids is 1. The number of aromatic nitrogens is 1. The Hall–Kier alpha value is -2.48. The van der Waals surface area contributed by atoms with E-state index in [-0.39, 0.29) is 5.56 Å². The third-order valence-electron chi connectivity index (χ3n) is 6.39. The third-order valence-corrected chi connectivity index (χ3v) is 9.04. The second-order valence-corrected chi connectivity index (χ2v) is 12.8. The Morgan fingerprint density at radius 2 is 1.85 bits per heavy atom. The highest BCUT2D eigenvalue weighted by Crippen LogP contribution is 2.32. The molecule has 0 unspecified atom stereocenters. The highest BCUT2D eigenvalue weighted by atomic mass is 127. The summed E-state index contributed by atoms with van der Waals surface area (Å²) >= 11 is 11.8. The molecule has 1 aliphatic heterocycles. The molecule has 10 heteroatoms. The van der Waals surface area contributed by atoms with Gasteiger partial charge in [0, 0.05) is 14.2 Å². The SMILES string of the molecule is CCC1=C(C(=O)OC)[C@@H](c2ccccc2)n2c(s/c(=C/c3cc(I)cc(I)c3OCc3ccc(Cl)cc3)c2=O)=N1. The molecule has 1 atom stereocenters. The van der Waals surface area contributed by atoms with E-state index in [2.05, 4.69) is 45.2 Å². The number of hydrogen-bond acceptors (Lipinski definition) is 6. The predicted octanol–water partition coefficient (Wildman–Crippen LogP) is 6.24. The van der Waals surface area contributed by atoms with Crippen LogP contribution in [0.3, 0.4) is 0 Å². The van der Waals surface area contributed by atoms with Crippen molar-refractivity contribution < 1.29 is 14.3 Å². The normalized spacial score (nSPS) is 15.0. The van der Waals surface area contributed by atoms with E-state index in [4.69, 9.17) is 26.1 Å². The third kappa shape index (κ3) is 5.93. The van der Waals surface area contributed by atoms with Crippen LogP contribution in [0.2, 0.25) is 5.02 Å². The minimum atomic E-state index is -0.640. The van der Waals surface area contributed by atoms with Crippen molar-refractivity contribution in [1.82, 2.24) is 4.57 Å². The molecule has 0 amide bonds. The van der Waals surface area contributed by atoms with E-state index in [0.717, 1.165) is 23.8 Å². The molecule has 3 aromatic carbocycles. The molecule has 1 aromatic heterocycles. The number of methoxy groups -OCH3 is 1. The quantitative estimate of drug-likeness (QED) is 0.164. The summed E-state index contributed by atoms with van der Waals surface area (Å²) in [6.07, 6.45) is 2.37. The van der Waals surface area contributed by atoms with Crippen LogP contribution >= 0.6 is 68.1 Å². The molecular formula is C30H23ClI2N2O4S. The maximum atomic E-state index is 14.0. The maximum Gasteiger partial charge on any atom is 0.338 e. The van der Waals surface area contributed by atoms with Crippen molar-refractivity contribution >= 4 is 80.2 Å². The Kier molecular flexibility index (Phi) is 9.13. The molecular weight excluding hydrogens is 774 g/mol. The van der Waals surface area contributed by atoms with Crippen molar-refractivity contribution in [3.05, 3.63) is 127 Å².